The molecule has 0 aliphatic heterocycles. The molecule has 0 fully saturated rings. The Kier molecular flexibility index (Phi) is 5.30. The molecule has 1 unspecified atom stereocenters. The van der Waals surface area contributed by atoms with E-state index in [1.54, 1.807) is 6.26 Å². The lowest BCUT2D eigenvalue weighted by atomic mass is 10.1. The second-order valence-electron chi connectivity index (χ2n) is 1.88. The number of hydrogen-bond acceptors (Lipinski definition) is 2. The van der Waals surface area contributed by atoms with E-state index in [9.17, 15) is 9.00 Å². The number of amides is 1. The minimum Gasteiger partial charge on any atom is -0.353 e. The van der Waals surface area contributed by atoms with Crippen molar-refractivity contribution in [2.45, 2.75) is 0 Å². The van der Waals surface area contributed by atoms with Gasteiger partial charge >= 0.3 is 0 Å². The lowest BCUT2D eigenvalue weighted by Gasteiger charge is -2.12. The predicted molar refractivity (Wildman–Crippen MR) is 42.3 cm³/mol. The number of hydrogen-bond donors (Lipinski definition) is 0. The van der Waals surface area contributed by atoms with Crippen LogP contribution in [0.15, 0.2) is 0 Å². The van der Waals surface area contributed by atoms with Crippen molar-refractivity contribution in [2.75, 3.05) is 25.0 Å². The van der Waals surface area contributed by atoms with Crippen LogP contribution in [-0.4, -0.2) is 48.4 Å². The van der Waals surface area contributed by atoms with Crippen LogP contribution in [0.25, 0.3) is 0 Å². The fourth-order valence-corrected chi connectivity index (χ4v) is 0.924. The minimum atomic E-state index is -0.845. The van der Waals surface area contributed by atoms with Crippen molar-refractivity contribution >= 4 is 25.1 Å². The van der Waals surface area contributed by atoms with Gasteiger partial charge in [0.05, 0.1) is 7.85 Å². The van der Waals surface area contributed by atoms with Gasteiger partial charge in [0.15, 0.2) is 0 Å². The van der Waals surface area contributed by atoms with Gasteiger partial charge in [0.25, 0.3) is 0 Å². The predicted octanol–water partition coefficient (Wildman–Crippen LogP) is -1.05. The maximum atomic E-state index is 10.5. The molecule has 1 atom stereocenters. The van der Waals surface area contributed by atoms with Crippen LogP contribution in [0.5, 0.6) is 0 Å². The molecular formula is C5H10BNO2S. The van der Waals surface area contributed by atoms with Gasteiger partial charge in [-0.1, -0.05) is 0 Å². The lowest BCUT2D eigenvalue weighted by Crippen LogP contribution is -2.27. The van der Waals surface area contributed by atoms with Crippen LogP contribution in [0.1, 0.15) is 0 Å². The highest BCUT2D eigenvalue weighted by Crippen LogP contribution is 1.81. The van der Waals surface area contributed by atoms with Crippen LogP contribution in [0.4, 0.5) is 0 Å². The van der Waals surface area contributed by atoms with Crippen LogP contribution in [-0.2, 0) is 15.6 Å². The molecule has 0 rings (SSSR count). The van der Waals surface area contributed by atoms with Gasteiger partial charge in [-0.05, 0) is 6.44 Å². The Hall–Kier alpha value is -0.315. The quantitative estimate of drug-likeness (QED) is 0.379. The number of nitrogens with zero attached hydrogens (tertiary/aromatic N) is 1. The van der Waals surface area contributed by atoms with Crippen molar-refractivity contribution in [1.82, 2.24) is 4.90 Å². The second-order valence-corrected chi connectivity index (χ2v) is 3.43. The van der Waals surface area contributed by atoms with Crippen LogP contribution in [0.3, 0.4) is 0 Å². The third-order valence-electron chi connectivity index (χ3n) is 1.05. The molecule has 3 nitrogen and oxygen atoms in total. The van der Waals surface area contributed by atoms with Crippen molar-refractivity contribution < 1.29 is 9.00 Å². The maximum absolute atomic E-state index is 10.5. The van der Waals surface area contributed by atoms with Crippen molar-refractivity contribution in [3.05, 3.63) is 0 Å². The summed E-state index contributed by atoms with van der Waals surface area (Å²) >= 11 is 0. The molecule has 5 heteroatoms. The zero-order chi connectivity index (χ0) is 7.98. The maximum Gasteiger partial charge on any atom is 0.209 e. The second kappa shape index (κ2) is 5.47. The topological polar surface area (TPSA) is 37.4 Å². The van der Waals surface area contributed by atoms with Crippen LogP contribution < -0.4 is 0 Å². The van der Waals surface area contributed by atoms with Crippen molar-refractivity contribution in [3.8, 4) is 0 Å². The molecule has 0 saturated carbocycles. The van der Waals surface area contributed by atoms with Gasteiger partial charge in [-0.15, -0.1) is 0 Å². The van der Waals surface area contributed by atoms with Gasteiger partial charge in [0.1, 0.15) is 0 Å². The molecule has 0 aliphatic carbocycles. The lowest BCUT2D eigenvalue weighted by molar-refractivity contribution is -0.117. The highest BCUT2D eigenvalue weighted by atomic mass is 32.2. The summed E-state index contributed by atoms with van der Waals surface area (Å²) in [6, 6.07) is 0. The summed E-state index contributed by atoms with van der Waals surface area (Å²) in [5.41, 5.74) is 0. The van der Waals surface area contributed by atoms with Crippen molar-refractivity contribution in [1.29, 1.82) is 0 Å². The summed E-state index contributed by atoms with van der Waals surface area (Å²) in [7, 11) is 4.32. The van der Waals surface area contributed by atoms with Crippen LogP contribution in [0, 0.1) is 0 Å². The Morgan fingerprint density at radius 1 is 1.70 bits per heavy atom. The Labute approximate surface area is 64.6 Å². The molecule has 0 aromatic heterocycles. The van der Waals surface area contributed by atoms with E-state index in [4.69, 9.17) is 7.85 Å². The van der Waals surface area contributed by atoms with E-state index in [-0.39, 0.29) is 6.44 Å². The summed E-state index contributed by atoms with van der Waals surface area (Å²) in [4.78, 5) is 11.5. The molecule has 0 aromatic rings. The van der Waals surface area contributed by atoms with Crippen LogP contribution >= 0.6 is 0 Å². The first-order valence-electron chi connectivity index (χ1n) is 2.90. The van der Waals surface area contributed by atoms with Gasteiger partial charge in [0.2, 0.25) is 6.41 Å². The summed E-state index contributed by atoms with van der Waals surface area (Å²) in [5.74, 6) is 0.496. The Morgan fingerprint density at radius 2 is 2.30 bits per heavy atom. The number of rotatable bonds is 5. The largest absolute Gasteiger partial charge is 0.353 e. The third kappa shape index (κ3) is 4.55. The smallest absolute Gasteiger partial charge is 0.209 e. The highest BCUT2D eigenvalue weighted by molar-refractivity contribution is 7.84. The fraction of sp³-hybridized carbons (Fsp3) is 0.800. The molecule has 0 heterocycles. The van der Waals surface area contributed by atoms with Gasteiger partial charge < -0.3 is 4.90 Å². The number of carbonyl (C=O) groups excluding carboxylic acids is 1. The monoisotopic (exact) mass is 159 g/mol. The van der Waals surface area contributed by atoms with E-state index >= 15 is 0 Å². The zero-order valence-electron chi connectivity index (χ0n) is 5.95. The minimum absolute atomic E-state index is 0.195. The van der Waals surface area contributed by atoms with E-state index in [1.807, 2.05) is 0 Å². The van der Waals surface area contributed by atoms with Crippen molar-refractivity contribution in [2.24, 2.45) is 0 Å². The molecule has 56 valence electrons. The molecule has 0 saturated heterocycles. The summed E-state index contributed by atoms with van der Waals surface area (Å²) < 4.78 is 10.5. The first-order chi connectivity index (χ1) is 4.70. The van der Waals surface area contributed by atoms with Crippen molar-refractivity contribution in [3.63, 3.8) is 0 Å². The van der Waals surface area contributed by atoms with E-state index in [2.05, 4.69) is 0 Å². The molecule has 0 aliphatic rings. The summed E-state index contributed by atoms with van der Waals surface area (Å²) in [6.45, 7) is 0.475. The zero-order valence-corrected chi connectivity index (χ0v) is 6.76. The van der Waals surface area contributed by atoms with E-state index < -0.39 is 10.8 Å². The Morgan fingerprint density at radius 3 is 2.60 bits per heavy atom. The van der Waals surface area contributed by atoms with Gasteiger partial charge in [-0.3, -0.25) is 9.00 Å². The SMILES string of the molecule is [B]CN(C=O)CCS(C)=O. The summed E-state index contributed by atoms with van der Waals surface area (Å²) in [6.07, 6.45) is 2.45. The average molecular weight is 159 g/mol. The standard InChI is InChI=1S/C5H10BNO2S/c1-10(9)3-2-7(4-6)5-8/h5H,2-4H2,1H3. The third-order valence-corrected chi connectivity index (χ3v) is 1.81. The Bertz CT molecular complexity index is 131. The van der Waals surface area contributed by atoms with Gasteiger partial charge in [0, 0.05) is 29.4 Å². The molecule has 0 spiro atoms. The molecule has 10 heavy (non-hydrogen) atoms. The molecular weight excluding hydrogens is 149 g/mol. The first-order valence-corrected chi connectivity index (χ1v) is 4.63. The van der Waals surface area contributed by atoms with Gasteiger partial charge in [-0.2, -0.15) is 0 Å². The normalized spacial score (nSPS) is 12.5. The molecule has 1 amide bonds. The van der Waals surface area contributed by atoms with Gasteiger partial charge in [-0.25, -0.2) is 0 Å². The molecule has 0 bridgehead atoms. The first kappa shape index (κ1) is 9.68. The molecule has 0 aromatic carbocycles. The molecule has 0 N–H and O–H groups in total. The van der Waals surface area contributed by atoms with E-state index in [0.717, 1.165) is 0 Å². The average Bonchev–Trinajstić information content (AvgIpc) is 1.90. The number of carbonyl (C=O) groups is 1. The molecule has 2 radical (unpaired) electrons. The Balaban J connectivity index is 3.44. The highest BCUT2D eigenvalue weighted by Gasteiger charge is 1.97. The fourth-order valence-electron chi connectivity index (χ4n) is 0.433. The summed E-state index contributed by atoms with van der Waals surface area (Å²) in [5, 5.41) is 0. The van der Waals surface area contributed by atoms with E-state index in [1.165, 1.54) is 4.90 Å². The van der Waals surface area contributed by atoms with E-state index in [0.29, 0.717) is 18.7 Å². The van der Waals surface area contributed by atoms with Crippen LogP contribution in [0.2, 0.25) is 0 Å².